The molecule has 10 heavy (non-hydrogen) atoms. The molecule has 0 aliphatic heterocycles. The van der Waals surface area contributed by atoms with Crippen molar-refractivity contribution in [1.29, 1.82) is 0 Å². The van der Waals surface area contributed by atoms with Crippen molar-refractivity contribution in [3.05, 3.63) is 16.9 Å². The van der Waals surface area contributed by atoms with Crippen LogP contribution in [-0.4, -0.2) is 9.91 Å². The first kappa shape index (κ1) is 8.34. The van der Waals surface area contributed by atoms with Gasteiger partial charge < -0.3 is 10.1 Å². The van der Waals surface area contributed by atoms with E-state index in [2.05, 4.69) is 20.9 Å². The number of rotatable bonds is 1. The molecule has 0 bridgehead atoms. The summed E-state index contributed by atoms with van der Waals surface area (Å²) in [5.41, 5.74) is 0. The van der Waals surface area contributed by atoms with Crippen molar-refractivity contribution in [3.8, 4) is 0 Å². The molecule has 0 amide bonds. The fourth-order valence-corrected chi connectivity index (χ4v) is 3.38. The van der Waals surface area contributed by atoms with Crippen LogP contribution in [0.3, 0.4) is 0 Å². The maximum absolute atomic E-state index is 10.2. The van der Waals surface area contributed by atoms with Crippen molar-refractivity contribution in [3.63, 3.8) is 0 Å². The van der Waals surface area contributed by atoms with Gasteiger partial charge in [-0.05, 0) is 32.5 Å². The predicted molar refractivity (Wildman–Crippen MR) is 49.2 cm³/mol. The van der Waals surface area contributed by atoms with E-state index in [1.54, 1.807) is 0 Å². The molecule has 1 aromatic heterocycles. The molecule has 0 unspecified atom stereocenters. The number of aromatic nitrogens is 1. The fraction of sp³-hybridized carbons (Fsp3) is 0. The zero-order chi connectivity index (χ0) is 7.72. The molecule has 1 heterocycles. The second kappa shape index (κ2) is 3.09. The number of thiazole rings is 1. The van der Waals surface area contributed by atoms with Crippen LogP contribution < -0.4 is 0 Å². The van der Waals surface area contributed by atoms with E-state index in [1.165, 1.54) is 11.3 Å². The average molecular weight is 335 g/mol. The summed E-state index contributed by atoms with van der Waals surface area (Å²) >= 11 is 6.18. The average Bonchev–Trinajstić information content (AvgIpc) is 2.10. The Morgan fingerprint density at radius 2 is 2.40 bits per heavy atom. The number of hydrogen-bond donors (Lipinski definition) is 0. The largest absolute Gasteiger partial charge is 0.389 e. The van der Waals surface area contributed by atoms with Crippen molar-refractivity contribution >= 4 is 55.7 Å². The first-order valence-electron chi connectivity index (χ1n) is 2.07. The van der Waals surface area contributed by atoms with Crippen LogP contribution >= 0.6 is 49.9 Å². The molecule has 54 valence electrons. The minimum absolute atomic E-state index is 0.0718. The molecular weight excluding hydrogens is 335 g/mol. The minimum Gasteiger partial charge on any atom is -0.358 e. The van der Waals surface area contributed by atoms with Crippen LogP contribution in [0.5, 0.6) is 0 Å². The van der Waals surface area contributed by atoms with Crippen LogP contribution in [0.4, 0.5) is 5.82 Å². The topological polar surface area (TPSA) is 56.0 Å². The molecule has 0 aliphatic rings. The Morgan fingerprint density at radius 1 is 1.80 bits per heavy atom. The van der Waals surface area contributed by atoms with Crippen LogP contribution in [0.2, 0.25) is 0 Å². The van der Waals surface area contributed by atoms with Crippen molar-refractivity contribution in [2.75, 3.05) is 0 Å². The molecule has 0 spiro atoms. The lowest BCUT2D eigenvalue weighted by atomic mass is 10.8. The van der Waals surface area contributed by atoms with Crippen LogP contribution in [0.1, 0.15) is 0 Å². The van der Waals surface area contributed by atoms with Gasteiger partial charge in [-0.2, -0.15) is 0 Å². The van der Waals surface area contributed by atoms with Gasteiger partial charge in [0.25, 0.3) is 3.92 Å². The summed E-state index contributed by atoms with van der Waals surface area (Å²) in [6.07, 6.45) is 0. The van der Waals surface area contributed by atoms with Crippen LogP contribution in [0, 0.1) is 13.0 Å². The number of hydrogen-bond acceptors (Lipinski definition) is 4. The molecule has 0 fully saturated rings. The Labute approximate surface area is 82.1 Å². The van der Waals surface area contributed by atoms with Crippen molar-refractivity contribution in [1.82, 2.24) is 4.98 Å². The molecule has 0 saturated heterocycles. The van der Waals surface area contributed by atoms with Crippen molar-refractivity contribution < 1.29 is 4.92 Å². The minimum atomic E-state index is -0.497. The quantitative estimate of drug-likeness (QED) is 0.450. The maximum Gasteiger partial charge on any atom is 0.389 e. The Hall–Kier alpha value is 0.240. The standard InChI is InChI=1S/C3BrIN2O2S/c4-3-6-2(7(8)9)1(5)10-3. The Balaban J connectivity index is 3.15. The summed E-state index contributed by atoms with van der Waals surface area (Å²) in [6.45, 7) is 0. The molecule has 0 atom stereocenters. The van der Waals surface area contributed by atoms with Gasteiger partial charge >= 0.3 is 5.82 Å². The summed E-state index contributed by atoms with van der Waals surface area (Å²) < 4.78 is 1.14. The molecule has 0 radical (unpaired) electrons. The Kier molecular flexibility index (Phi) is 2.58. The molecule has 7 heteroatoms. The molecule has 4 nitrogen and oxygen atoms in total. The molecule has 0 aliphatic carbocycles. The highest BCUT2D eigenvalue weighted by Gasteiger charge is 2.18. The summed E-state index contributed by atoms with van der Waals surface area (Å²) in [6, 6.07) is 0. The van der Waals surface area contributed by atoms with Gasteiger partial charge in [-0.1, -0.05) is 11.3 Å². The van der Waals surface area contributed by atoms with E-state index in [1.807, 2.05) is 22.6 Å². The summed E-state index contributed by atoms with van der Waals surface area (Å²) in [4.78, 5) is 13.3. The third-order valence-electron chi connectivity index (χ3n) is 0.716. The first-order chi connectivity index (χ1) is 4.61. The monoisotopic (exact) mass is 334 g/mol. The van der Waals surface area contributed by atoms with Crippen LogP contribution in [-0.2, 0) is 0 Å². The van der Waals surface area contributed by atoms with Crippen LogP contribution in [0.15, 0.2) is 3.92 Å². The van der Waals surface area contributed by atoms with E-state index in [0.717, 1.165) is 0 Å². The van der Waals surface area contributed by atoms with Gasteiger partial charge in [-0.3, -0.25) is 0 Å². The van der Waals surface area contributed by atoms with Crippen molar-refractivity contribution in [2.24, 2.45) is 0 Å². The highest BCUT2D eigenvalue weighted by Crippen LogP contribution is 2.29. The third kappa shape index (κ3) is 1.64. The van der Waals surface area contributed by atoms with Gasteiger partial charge in [-0.25, -0.2) is 0 Å². The molecular formula is C3BrIN2O2S. The lowest BCUT2D eigenvalue weighted by molar-refractivity contribution is -0.390. The zero-order valence-corrected chi connectivity index (χ0v) is 8.94. The summed E-state index contributed by atoms with van der Waals surface area (Å²) in [5, 5.41) is 10.2. The molecule has 0 saturated carbocycles. The highest BCUT2D eigenvalue weighted by molar-refractivity contribution is 14.1. The van der Waals surface area contributed by atoms with E-state index in [-0.39, 0.29) is 5.82 Å². The van der Waals surface area contributed by atoms with E-state index in [9.17, 15) is 10.1 Å². The van der Waals surface area contributed by atoms with Crippen molar-refractivity contribution in [2.45, 2.75) is 0 Å². The Morgan fingerprint density at radius 3 is 2.60 bits per heavy atom. The number of nitrogens with zero attached hydrogens (tertiary/aromatic N) is 2. The maximum atomic E-state index is 10.2. The lowest BCUT2D eigenvalue weighted by Gasteiger charge is -1.84. The lowest BCUT2D eigenvalue weighted by Crippen LogP contribution is -1.88. The van der Waals surface area contributed by atoms with E-state index in [0.29, 0.717) is 6.80 Å². The summed E-state index contributed by atoms with van der Waals surface area (Å²) in [5.74, 6) is -0.0718. The van der Waals surface area contributed by atoms with Gasteiger partial charge in [0.15, 0.2) is 2.88 Å². The third-order valence-corrected chi connectivity index (χ3v) is 3.14. The van der Waals surface area contributed by atoms with E-state index < -0.39 is 4.92 Å². The summed E-state index contributed by atoms with van der Waals surface area (Å²) in [7, 11) is 0. The van der Waals surface area contributed by atoms with Gasteiger partial charge in [0.2, 0.25) is 0 Å². The first-order valence-corrected chi connectivity index (χ1v) is 4.76. The normalized spacial score (nSPS) is 9.80. The zero-order valence-electron chi connectivity index (χ0n) is 4.38. The predicted octanol–water partition coefficient (Wildman–Crippen LogP) is 2.42. The fourth-order valence-electron chi connectivity index (χ4n) is 0.382. The molecule has 1 rings (SSSR count). The SMILES string of the molecule is O=[N+]([O-])c1nc(Br)sc1I. The smallest absolute Gasteiger partial charge is 0.358 e. The highest BCUT2D eigenvalue weighted by atomic mass is 127. The van der Waals surface area contributed by atoms with Gasteiger partial charge in [0.05, 0.1) is 0 Å². The molecule has 0 aromatic carbocycles. The number of nitro groups is 1. The van der Waals surface area contributed by atoms with Gasteiger partial charge in [-0.15, -0.1) is 0 Å². The van der Waals surface area contributed by atoms with Gasteiger partial charge in [0, 0.05) is 15.9 Å². The second-order valence-electron chi connectivity index (χ2n) is 1.32. The molecule has 1 aromatic rings. The van der Waals surface area contributed by atoms with E-state index in [4.69, 9.17) is 0 Å². The second-order valence-corrected chi connectivity index (χ2v) is 5.41. The Bertz CT molecular complexity index is 275. The number of halogens is 2. The molecule has 0 N–H and O–H groups in total. The van der Waals surface area contributed by atoms with Crippen LogP contribution in [0.25, 0.3) is 0 Å². The van der Waals surface area contributed by atoms with Gasteiger partial charge in [0.1, 0.15) is 0 Å². The van der Waals surface area contributed by atoms with E-state index >= 15 is 0 Å².